The van der Waals surface area contributed by atoms with Gasteiger partial charge in [0.15, 0.2) is 0 Å². The molecule has 0 aromatic heterocycles. The van der Waals surface area contributed by atoms with Crippen molar-refractivity contribution in [3.05, 3.63) is 0 Å². The molecule has 0 aliphatic rings. The minimum atomic E-state index is -0.670. The number of hydrogen-bond donors (Lipinski definition) is 1. The summed E-state index contributed by atoms with van der Waals surface area (Å²) in [5, 5.41) is 10.2. The summed E-state index contributed by atoms with van der Waals surface area (Å²) in [5.74, 6) is 0. The van der Waals surface area contributed by atoms with Crippen LogP contribution in [0.2, 0.25) is 0 Å². The zero-order chi connectivity index (χ0) is 4.99. The van der Waals surface area contributed by atoms with Crippen molar-refractivity contribution in [2.24, 2.45) is 5.16 Å². The van der Waals surface area contributed by atoms with E-state index in [0.29, 0.717) is 0 Å². The van der Waals surface area contributed by atoms with E-state index in [0.717, 1.165) is 0 Å². The van der Waals surface area contributed by atoms with Crippen LogP contribution >= 0.6 is 0 Å². The van der Waals surface area contributed by atoms with Crippen molar-refractivity contribution in [1.82, 2.24) is 0 Å². The van der Waals surface area contributed by atoms with E-state index in [1.54, 1.807) is 0 Å². The maximum atomic E-state index is 11.1. The first kappa shape index (κ1) is 5.40. The van der Waals surface area contributed by atoms with Gasteiger partial charge in [0.2, 0.25) is 0 Å². The Hall–Kier alpha value is -0.600. The largest absolute Gasteiger partial charge is 0.411 e. The molecule has 0 aromatic rings. The lowest BCUT2D eigenvalue weighted by molar-refractivity contribution is 0.315. The molecule has 1 N–H and O–H groups in total. The van der Waals surface area contributed by atoms with Gasteiger partial charge in [-0.1, -0.05) is 5.16 Å². The van der Waals surface area contributed by atoms with Crippen LogP contribution in [0.5, 0.6) is 0 Å². The van der Waals surface area contributed by atoms with Crippen LogP contribution < -0.4 is 0 Å². The van der Waals surface area contributed by atoms with E-state index < -0.39 is 6.67 Å². The highest BCUT2D eigenvalue weighted by molar-refractivity contribution is 5.82. The van der Waals surface area contributed by atoms with Crippen molar-refractivity contribution in [3.8, 4) is 0 Å². The van der Waals surface area contributed by atoms with Gasteiger partial charge in [-0.05, 0) is 6.92 Å². The second-order valence-corrected chi connectivity index (χ2v) is 0.969. The second kappa shape index (κ2) is 2.63. The van der Waals surface area contributed by atoms with Crippen molar-refractivity contribution in [1.29, 1.82) is 0 Å². The van der Waals surface area contributed by atoms with Gasteiger partial charge in [0.25, 0.3) is 0 Å². The summed E-state index contributed by atoms with van der Waals surface area (Å²) in [5.41, 5.74) is 0.106. The summed E-state index contributed by atoms with van der Waals surface area (Å²) in [4.78, 5) is 0. The zero-order valence-electron chi connectivity index (χ0n) is 3.48. The SMILES string of the molecule is CC(CF)=NO. The van der Waals surface area contributed by atoms with Crippen LogP contribution in [-0.2, 0) is 0 Å². The number of alkyl halides is 1. The topological polar surface area (TPSA) is 32.6 Å². The van der Waals surface area contributed by atoms with Crippen LogP contribution in [0.4, 0.5) is 4.39 Å². The molecule has 0 heterocycles. The van der Waals surface area contributed by atoms with Crippen LogP contribution in [0.25, 0.3) is 0 Å². The molecule has 0 radical (unpaired) electrons. The Kier molecular flexibility index (Phi) is 2.36. The monoisotopic (exact) mass is 91.0 g/mol. The van der Waals surface area contributed by atoms with E-state index in [9.17, 15) is 4.39 Å². The minimum Gasteiger partial charge on any atom is -0.411 e. The lowest BCUT2D eigenvalue weighted by Crippen LogP contribution is -1.90. The van der Waals surface area contributed by atoms with Gasteiger partial charge in [0.1, 0.15) is 6.67 Å². The molecule has 0 saturated heterocycles. The maximum absolute atomic E-state index is 11.1. The summed E-state index contributed by atoms with van der Waals surface area (Å²) < 4.78 is 11.1. The van der Waals surface area contributed by atoms with Gasteiger partial charge in [-0.15, -0.1) is 0 Å². The van der Waals surface area contributed by atoms with Gasteiger partial charge < -0.3 is 5.21 Å². The molecule has 6 heavy (non-hydrogen) atoms. The van der Waals surface area contributed by atoms with E-state index in [1.165, 1.54) is 6.92 Å². The predicted octanol–water partition coefficient (Wildman–Crippen LogP) is 0.806. The average molecular weight is 91.1 g/mol. The summed E-state index contributed by atoms with van der Waals surface area (Å²) in [6, 6.07) is 0. The van der Waals surface area contributed by atoms with Gasteiger partial charge in [0, 0.05) is 0 Å². The number of oxime groups is 1. The van der Waals surface area contributed by atoms with E-state index in [2.05, 4.69) is 5.16 Å². The standard InChI is InChI=1S/C3H6FNO/c1-3(2-4)5-6/h6H,2H2,1H3. The molecule has 0 spiro atoms. The number of halogens is 1. The number of rotatable bonds is 1. The van der Waals surface area contributed by atoms with Gasteiger partial charge in [-0.25, -0.2) is 4.39 Å². The lowest BCUT2D eigenvalue weighted by atomic mass is 10.5. The molecule has 3 heteroatoms. The molecule has 0 amide bonds. The number of nitrogens with zero attached hydrogens (tertiary/aromatic N) is 1. The van der Waals surface area contributed by atoms with Crippen LogP contribution in [0.15, 0.2) is 5.16 Å². The molecule has 2 nitrogen and oxygen atoms in total. The highest BCUT2D eigenvalue weighted by Gasteiger charge is 1.81. The Morgan fingerprint density at radius 1 is 2.00 bits per heavy atom. The van der Waals surface area contributed by atoms with Crippen molar-refractivity contribution in [3.63, 3.8) is 0 Å². The van der Waals surface area contributed by atoms with E-state index in [4.69, 9.17) is 5.21 Å². The molecule has 0 aromatic carbocycles. The highest BCUT2D eigenvalue weighted by atomic mass is 19.1. The molecule has 0 saturated carbocycles. The molecule has 0 unspecified atom stereocenters. The van der Waals surface area contributed by atoms with E-state index in [1.807, 2.05) is 0 Å². The average Bonchev–Trinajstić information content (AvgIpc) is 1.65. The fourth-order valence-electron chi connectivity index (χ4n) is 0.0267. The number of hydrogen-bond acceptors (Lipinski definition) is 2. The second-order valence-electron chi connectivity index (χ2n) is 0.969. The molecule has 0 atom stereocenters. The normalized spacial score (nSPS) is 12.0. The minimum absolute atomic E-state index is 0.106. The fourth-order valence-corrected chi connectivity index (χ4v) is 0.0267. The molecule has 0 bridgehead atoms. The third-order valence-corrected chi connectivity index (χ3v) is 0.364. The van der Waals surface area contributed by atoms with Crippen molar-refractivity contribution in [2.45, 2.75) is 6.92 Å². The Morgan fingerprint density at radius 3 is 2.50 bits per heavy atom. The van der Waals surface area contributed by atoms with Crippen LogP contribution in [0, 0.1) is 0 Å². The van der Waals surface area contributed by atoms with Crippen molar-refractivity contribution in [2.75, 3.05) is 6.67 Å². The third-order valence-electron chi connectivity index (χ3n) is 0.364. The van der Waals surface area contributed by atoms with Gasteiger partial charge in [0.05, 0.1) is 5.71 Å². The zero-order valence-corrected chi connectivity index (χ0v) is 3.48. The van der Waals surface area contributed by atoms with Gasteiger partial charge >= 0.3 is 0 Å². The Balaban J connectivity index is 3.22. The van der Waals surface area contributed by atoms with Crippen LogP contribution in [0.1, 0.15) is 6.92 Å². The smallest absolute Gasteiger partial charge is 0.131 e. The molecule has 36 valence electrons. The third kappa shape index (κ3) is 1.69. The summed E-state index contributed by atoms with van der Waals surface area (Å²) in [6.45, 7) is 0.733. The summed E-state index contributed by atoms with van der Waals surface area (Å²) >= 11 is 0. The molecule has 0 rings (SSSR count). The predicted molar refractivity (Wildman–Crippen MR) is 20.9 cm³/mol. The molecule has 0 aliphatic heterocycles. The van der Waals surface area contributed by atoms with Crippen LogP contribution in [0.3, 0.4) is 0 Å². The highest BCUT2D eigenvalue weighted by Crippen LogP contribution is 1.72. The molecule has 0 fully saturated rings. The van der Waals surface area contributed by atoms with E-state index in [-0.39, 0.29) is 5.71 Å². The Morgan fingerprint density at radius 2 is 2.50 bits per heavy atom. The summed E-state index contributed by atoms with van der Waals surface area (Å²) in [7, 11) is 0. The van der Waals surface area contributed by atoms with Gasteiger partial charge in [-0.3, -0.25) is 0 Å². The maximum Gasteiger partial charge on any atom is 0.131 e. The quantitative estimate of drug-likeness (QED) is 0.289. The Bertz CT molecular complexity index is 61.8. The van der Waals surface area contributed by atoms with Gasteiger partial charge in [-0.2, -0.15) is 0 Å². The first-order chi connectivity index (χ1) is 2.81. The van der Waals surface area contributed by atoms with Crippen LogP contribution in [-0.4, -0.2) is 17.6 Å². The lowest BCUT2D eigenvalue weighted by Gasteiger charge is -1.79. The van der Waals surface area contributed by atoms with Crippen molar-refractivity contribution >= 4 is 5.71 Å². The molecular weight excluding hydrogens is 85.0 g/mol. The fraction of sp³-hybridized carbons (Fsp3) is 0.667. The first-order valence-corrected chi connectivity index (χ1v) is 1.54. The summed E-state index contributed by atoms with van der Waals surface area (Å²) in [6.07, 6.45) is 0. The van der Waals surface area contributed by atoms with E-state index >= 15 is 0 Å². The molecular formula is C3H6FNO. The molecule has 0 aliphatic carbocycles. The Labute approximate surface area is 35.3 Å². The van der Waals surface area contributed by atoms with Crippen molar-refractivity contribution < 1.29 is 9.60 Å². The first-order valence-electron chi connectivity index (χ1n) is 1.54.